The first kappa shape index (κ1) is 52.3. The van der Waals surface area contributed by atoms with Gasteiger partial charge in [-0.1, -0.05) is 30.3 Å². The van der Waals surface area contributed by atoms with Crippen LogP contribution in [-0.2, 0) is 40.0 Å². The van der Waals surface area contributed by atoms with Crippen LogP contribution in [-0.4, -0.2) is 137 Å². The first-order chi connectivity index (χ1) is 28.7. The van der Waals surface area contributed by atoms with Gasteiger partial charge in [-0.15, -0.1) is 0 Å². The van der Waals surface area contributed by atoms with Crippen LogP contribution >= 0.6 is 0 Å². The van der Waals surface area contributed by atoms with Crippen LogP contribution in [0.3, 0.4) is 0 Å². The van der Waals surface area contributed by atoms with Crippen LogP contribution in [0, 0.1) is 0 Å². The Morgan fingerprint density at radius 3 is 1.39 bits per heavy atom. The molecule has 0 unspecified atom stereocenters. The number of guanidine groups is 3. The van der Waals surface area contributed by atoms with Crippen LogP contribution in [0.5, 0.6) is 0 Å². The number of hydrogen-bond donors (Lipinski definition) is 15. The maximum absolute atomic E-state index is 13.9. The van der Waals surface area contributed by atoms with Gasteiger partial charge in [0.1, 0.15) is 30.2 Å². The van der Waals surface area contributed by atoms with Gasteiger partial charge in [-0.25, -0.2) is 4.79 Å². The highest BCUT2D eigenvalue weighted by atomic mass is 16.4. The molecule has 1 aromatic rings. The summed E-state index contributed by atoms with van der Waals surface area (Å²) in [6.45, 7) is 1.27. The number of rotatable bonds is 29. The van der Waals surface area contributed by atoms with E-state index in [0.717, 1.165) is 12.5 Å². The van der Waals surface area contributed by atoms with E-state index in [2.05, 4.69) is 41.6 Å². The fourth-order valence-electron chi connectivity index (χ4n) is 5.55. The highest BCUT2D eigenvalue weighted by Gasteiger charge is 2.34. The molecule has 0 aliphatic heterocycles. The number of benzene rings is 1. The number of amides is 5. The number of carbonyl (C=O) groups excluding carboxylic acids is 5. The molecule has 25 heteroatoms. The molecule has 0 fully saturated rings. The van der Waals surface area contributed by atoms with E-state index in [1.165, 1.54) is 0 Å². The van der Waals surface area contributed by atoms with E-state index < -0.39 is 96.7 Å². The lowest BCUT2D eigenvalue weighted by molar-refractivity contribution is -0.142. The van der Waals surface area contributed by atoms with Crippen LogP contribution in [0.15, 0.2) is 45.3 Å². The van der Waals surface area contributed by atoms with Crippen molar-refractivity contribution in [2.24, 2.45) is 55.1 Å². The van der Waals surface area contributed by atoms with Crippen molar-refractivity contribution in [1.82, 2.24) is 26.6 Å². The molecule has 0 aliphatic carbocycles. The van der Waals surface area contributed by atoms with E-state index in [4.69, 9.17) is 40.1 Å². The molecule has 0 aliphatic rings. The van der Waals surface area contributed by atoms with Gasteiger partial charge in [-0.2, -0.15) is 0 Å². The molecule has 0 radical (unpaired) electrons. The molecule has 340 valence electrons. The summed E-state index contributed by atoms with van der Waals surface area (Å²) < 4.78 is 0. The van der Waals surface area contributed by atoms with Crippen molar-refractivity contribution in [1.29, 1.82) is 0 Å². The average Bonchev–Trinajstić information content (AvgIpc) is 3.18. The van der Waals surface area contributed by atoms with Gasteiger partial charge in [0, 0.05) is 26.1 Å². The average molecular weight is 864 g/mol. The lowest BCUT2D eigenvalue weighted by atomic mass is 10.0. The number of aliphatic carboxylic acids is 2. The second kappa shape index (κ2) is 27.8. The van der Waals surface area contributed by atoms with Crippen molar-refractivity contribution < 1.29 is 48.9 Å². The van der Waals surface area contributed by atoms with Gasteiger partial charge >= 0.3 is 11.9 Å². The SMILES string of the molecule is C[C@@H](O)[C@H](NC(=O)[C@H](CCC(=O)O)NC(=O)[C@@H](N)Cc1ccccc1)C(=O)N[C@@H](CCCN=C(N)N)C(=O)N[C@@H](CCCN=C(N)N)C(=O)N[C@@H](CCCN=C(N)N)C(=O)O. The smallest absolute Gasteiger partial charge is 0.326 e. The maximum Gasteiger partial charge on any atom is 0.326 e. The number of carboxylic acids is 2. The highest BCUT2D eigenvalue weighted by Crippen LogP contribution is 2.09. The molecule has 0 bridgehead atoms. The van der Waals surface area contributed by atoms with E-state index in [0.29, 0.717) is 0 Å². The van der Waals surface area contributed by atoms with Gasteiger partial charge in [0.05, 0.1) is 12.1 Å². The van der Waals surface area contributed by atoms with Gasteiger partial charge in [0.25, 0.3) is 0 Å². The van der Waals surface area contributed by atoms with Crippen molar-refractivity contribution >= 4 is 59.4 Å². The third kappa shape index (κ3) is 22.3. The Morgan fingerprint density at radius 1 is 0.574 bits per heavy atom. The molecule has 0 aromatic heterocycles. The van der Waals surface area contributed by atoms with E-state index in [-0.39, 0.29) is 82.5 Å². The molecule has 1 aromatic carbocycles. The number of nitrogens with zero attached hydrogens (tertiary/aromatic N) is 3. The minimum Gasteiger partial charge on any atom is -0.481 e. The third-order valence-electron chi connectivity index (χ3n) is 8.69. The monoisotopic (exact) mass is 863 g/mol. The second-order valence-corrected chi connectivity index (χ2v) is 13.9. The zero-order valence-electron chi connectivity index (χ0n) is 34.0. The number of nitrogens with one attached hydrogen (secondary N) is 5. The van der Waals surface area contributed by atoms with Gasteiger partial charge in [-0.3, -0.25) is 43.7 Å². The van der Waals surface area contributed by atoms with Gasteiger partial charge < -0.3 is 82.0 Å². The van der Waals surface area contributed by atoms with E-state index >= 15 is 0 Å². The zero-order valence-corrected chi connectivity index (χ0v) is 34.0. The molecule has 7 atom stereocenters. The summed E-state index contributed by atoms with van der Waals surface area (Å²) in [7, 11) is 0. The van der Waals surface area contributed by atoms with Crippen molar-refractivity contribution in [3.63, 3.8) is 0 Å². The van der Waals surface area contributed by atoms with E-state index in [1.807, 2.05) is 0 Å². The van der Waals surface area contributed by atoms with Crippen molar-refractivity contribution in [3.8, 4) is 0 Å². The Hall–Kier alpha value is -6.76. The van der Waals surface area contributed by atoms with Gasteiger partial charge in [0.2, 0.25) is 29.5 Å². The van der Waals surface area contributed by atoms with Crippen molar-refractivity contribution in [2.45, 2.75) is 107 Å². The predicted octanol–water partition coefficient (Wildman–Crippen LogP) is -5.53. The zero-order chi connectivity index (χ0) is 46.1. The predicted molar refractivity (Wildman–Crippen MR) is 224 cm³/mol. The van der Waals surface area contributed by atoms with Crippen LogP contribution in [0.2, 0.25) is 0 Å². The number of aliphatic hydroxyl groups is 1. The summed E-state index contributed by atoms with van der Waals surface area (Å²) in [5.74, 6) is -8.11. The molecule has 5 amide bonds. The molecule has 0 heterocycles. The molecule has 61 heavy (non-hydrogen) atoms. The Balaban J connectivity index is 3.35. The summed E-state index contributed by atoms with van der Waals surface area (Å²) in [6.07, 6.45) is -2.45. The normalized spacial score (nSPS) is 14.1. The summed E-state index contributed by atoms with van der Waals surface area (Å²) in [4.78, 5) is 103. The topological polar surface area (TPSA) is 460 Å². The largest absolute Gasteiger partial charge is 0.481 e. The number of carboxylic acid groups (broad SMARTS) is 2. The molecular weight excluding hydrogens is 802 g/mol. The molecule has 25 nitrogen and oxygen atoms in total. The Kier molecular flexibility index (Phi) is 23.9. The standard InChI is InChI=1S/C36H61N15O10/c1-19(52)27(51-31(58)24(13-14-26(53)54)47-28(55)21(37)18-20-8-3-2-4-9-20)32(59)49-23(11-6-16-45-35(40)41)29(56)48-22(10-5-15-44-34(38)39)30(57)50-25(33(60)61)12-7-17-46-36(42)43/h2-4,8-9,19,21-25,27,52H,5-7,10-18,37H2,1H3,(H,47,55)(H,48,56)(H,49,59)(H,50,57)(H,51,58)(H,53,54)(H,60,61)(H4,38,39,44)(H4,40,41,45)(H4,42,43,46)/t19-,21+,22+,23+,24+,25+,27+/m1/s1. The third-order valence-corrected chi connectivity index (χ3v) is 8.69. The molecule has 1 rings (SSSR count). The molecular formula is C36H61N15O10. The number of aliphatic hydroxyl groups excluding tert-OH is 1. The number of hydrogen-bond acceptors (Lipinski definition) is 12. The van der Waals surface area contributed by atoms with Crippen molar-refractivity contribution in [2.75, 3.05) is 19.6 Å². The van der Waals surface area contributed by atoms with Crippen LogP contribution in [0.25, 0.3) is 0 Å². The summed E-state index contributed by atoms with van der Waals surface area (Å²) in [6, 6.07) is 0.0406. The lowest BCUT2D eigenvalue weighted by Gasteiger charge is -2.28. The highest BCUT2D eigenvalue weighted by molar-refractivity contribution is 5.96. The lowest BCUT2D eigenvalue weighted by Crippen LogP contribution is -2.61. The first-order valence-electron chi connectivity index (χ1n) is 19.3. The van der Waals surface area contributed by atoms with Gasteiger partial charge in [0.15, 0.2) is 17.9 Å². The van der Waals surface area contributed by atoms with Crippen LogP contribution in [0.1, 0.15) is 63.9 Å². The number of aliphatic imine (C=N–C) groups is 3. The first-order valence-corrected chi connectivity index (χ1v) is 19.3. The van der Waals surface area contributed by atoms with Crippen molar-refractivity contribution in [3.05, 3.63) is 35.9 Å². The number of nitrogens with two attached hydrogens (primary N) is 7. The molecule has 0 spiro atoms. The molecule has 0 saturated heterocycles. The van der Waals surface area contributed by atoms with Crippen LogP contribution < -0.4 is 66.7 Å². The van der Waals surface area contributed by atoms with E-state index in [1.54, 1.807) is 30.3 Å². The fourth-order valence-corrected chi connectivity index (χ4v) is 5.55. The number of carbonyl (C=O) groups is 7. The minimum absolute atomic E-state index is 0.00150. The Morgan fingerprint density at radius 2 is 0.967 bits per heavy atom. The summed E-state index contributed by atoms with van der Waals surface area (Å²) in [5.41, 5.74) is 39.0. The fraction of sp³-hybridized carbons (Fsp3) is 0.556. The molecule has 0 saturated carbocycles. The molecule has 22 N–H and O–H groups in total. The summed E-state index contributed by atoms with van der Waals surface area (Å²) >= 11 is 0. The minimum atomic E-state index is -1.77. The van der Waals surface area contributed by atoms with Gasteiger partial charge in [-0.05, 0) is 63.9 Å². The second-order valence-electron chi connectivity index (χ2n) is 13.9. The Bertz CT molecular complexity index is 1700. The quantitative estimate of drug-likeness (QED) is 0.0203. The van der Waals surface area contributed by atoms with Crippen LogP contribution in [0.4, 0.5) is 0 Å². The Labute approximate surface area is 352 Å². The maximum atomic E-state index is 13.9. The van der Waals surface area contributed by atoms with E-state index in [9.17, 15) is 48.9 Å². The summed E-state index contributed by atoms with van der Waals surface area (Å²) in [5, 5.41) is 41.8.